The van der Waals surface area contributed by atoms with E-state index in [4.69, 9.17) is 5.73 Å². The molecule has 19 heavy (non-hydrogen) atoms. The molecule has 1 aromatic rings. The fourth-order valence-electron chi connectivity index (χ4n) is 2.64. The molecule has 0 atom stereocenters. The summed E-state index contributed by atoms with van der Waals surface area (Å²) in [6.45, 7) is 1.08. The summed E-state index contributed by atoms with van der Waals surface area (Å²) in [6.07, 6.45) is -2.71. The van der Waals surface area contributed by atoms with Crippen LogP contribution in [0.4, 0.5) is 13.2 Å². The summed E-state index contributed by atoms with van der Waals surface area (Å²) >= 11 is 1.64. The first kappa shape index (κ1) is 14.8. The van der Waals surface area contributed by atoms with Crippen LogP contribution in [0.3, 0.4) is 0 Å². The summed E-state index contributed by atoms with van der Waals surface area (Å²) in [4.78, 5) is 1.19. The molecule has 0 spiro atoms. The second-order valence-electron chi connectivity index (χ2n) is 5.23. The molecule has 1 aliphatic carbocycles. The molecule has 0 aliphatic heterocycles. The van der Waals surface area contributed by atoms with Crippen molar-refractivity contribution in [3.05, 3.63) is 22.4 Å². The minimum atomic E-state index is -4.06. The number of hydrogen-bond donors (Lipinski definition) is 2. The normalized spacial score (nSPS) is 28.5. The number of nitrogens with one attached hydrogen (secondary N) is 1. The Morgan fingerprint density at radius 2 is 2.05 bits per heavy atom. The van der Waals surface area contributed by atoms with Gasteiger partial charge in [0.05, 0.1) is 5.92 Å². The van der Waals surface area contributed by atoms with E-state index >= 15 is 0 Å². The van der Waals surface area contributed by atoms with E-state index in [0.29, 0.717) is 25.9 Å². The number of rotatable bonds is 4. The third-order valence-corrected chi connectivity index (χ3v) is 4.89. The largest absolute Gasteiger partial charge is 0.391 e. The lowest BCUT2D eigenvalue weighted by Crippen LogP contribution is -2.53. The van der Waals surface area contributed by atoms with Gasteiger partial charge in [-0.25, -0.2) is 0 Å². The van der Waals surface area contributed by atoms with Crippen LogP contribution in [0.1, 0.15) is 30.6 Å². The Morgan fingerprint density at radius 1 is 1.37 bits per heavy atom. The average Bonchev–Trinajstić information content (AvgIpc) is 2.89. The molecule has 1 aromatic heterocycles. The number of alkyl halides is 3. The molecule has 0 radical (unpaired) electrons. The first-order valence-electron chi connectivity index (χ1n) is 6.49. The van der Waals surface area contributed by atoms with Crippen LogP contribution in [0.15, 0.2) is 17.5 Å². The molecule has 0 bridgehead atoms. The first-order chi connectivity index (χ1) is 8.95. The van der Waals surface area contributed by atoms with Gasteiger partial charge in [0, 0.05) is 23.5 Å². The van der Waals surface area contributed by atoms with Crippen molar-refractivity contribution < 1.29 is 13.2 Å². The molecule has 0 aromatic carbocycles. The van der Waals surface area contributed by atoms with Crippen LogP contribution in [-0.2, 0) is 6.54 Å². The van der Waals surface area contributed by atoms with Gasteiger partial charge in [0.2, 0.25) is 0 Å². The third-order valence-electron chi connectivity index (χ3n) is 4.01. The minimum absolute atomic E-state index is 0.179. The monoisotopic (exact) mass is 292 g/mol. The summed E-state index contributed by atoms with van der Waals surface area (Å²) in [5.41, 5.74) is 5.46. The summed E-state index contributed by atoms with van der Waals surface area (Å²) in [5.74, 6) is -1.16. The minimum Gasteiger partial charge on any atom is -0.329 e. The van der Waals surface area contributed by atoms with Gasteiger partial charge in [-0.3, -0.25) is 0 Å². The van der Waals surface area contributed by atoms with Crippen molar-refractivity contribution in [2.75, 3.05) is 6.54 Å². The predicted molar refractivity (Wildman–Crippen MR) is 71.0 cm³/mol. The van der Waals surface area contributed by atoms with Gasteiger partial charge in [-0.2, -0.15) is 13.2 Å². The lowest BCUT2D eigenvalue weighted by Gasteiger charge is -2.40. The van der Waals surface area contributed by atoms with Crippen LogP contribution < -0.4 is 11.1 Å². The highest BCUT2D eigenvalue weighted by atomic mass is 32.1. The molecule has 6 heteroatoms. The Kier molecular flexibility index (Phi) is 4.53. The number of thiophene rings is 1. The van der Waals surface area contributed by atoms with E-state index in [2.05, 4.69) is 5.32 Å². The van der Waals surface area contributed by atoms with Crippen LogP contribution in [0, 0.1) is 5.92 Å². The highest BCUT2D eigenvalue weighted by Gasteiger charge is 2.45. The van der Waals surface area contributed by atoms with Crippen molar-refractivity contribution in [2.45, 2.75) is 43.9 Å². The number of halogens is 3. The molecule has 0 unspecified atom stereocenters. The van der Waals surface area contributed by atoms with Gasteiger partial charge in [-0.1, -0.05) is 6.07 Å². The van der Waals surface area contributed by atoms with Crippen LogP contribution in [-0.4, -0.2) is 18.3 Å². The first-order valence-corrected chi connectivity index (χ1v) is 7.37. The van der Waals surface area contributed by atoms with Gasteiger partial charge in [-0.05, 0) is 37.1 Å². The second kappa shape index (κ2) is 5.81. The van der Waals surface area contributed by atoms with Crippen LogP contribution in [0.25, 0.3) is 0 Å². The van der Waals surface area contributed by atoms with Crippen molar-refractivity contribution in [2.24, 2.45) is 11.7 Å². The second-order valence-corrected chi connectivity index (χ2v) is 6.27. The lowest BCUT2D eigenvalue weighted by atomic mass is 9.76. The standard InChI is InChI=1S/C13H19F3N2S/c14-13(15,16)10-3-5-12(9-17,6-4-10)18-8-11-2-1-7-19-11/h1-2,7,10,18H,3-6,8-9,17H2. The summed E-state index contributed by atoms with van der Waals surface area (Å²) in [7, 11) is 0. The lowest BCUT2D eigenvalue weighted by molar-refractivity contribution is -0.185. The molecule has 108 valence electrons. The molecule has 1 heterocycles. The molecule has 1 saturated carbocycles. The Morgan fingerprint density at radius 3 is 2.53 bits per heavy atom. The smallest absolute Gasteiger partial charge is 0.329 e. The van der Waals surface area contributed by atoms with E-state index < -0.39 is 12.1 Å². The van der Waals surface area contributed by atoms with Crippen molar-refractivity contribution in [3.63, 3.8) is 0 Å². The number of hydrogen-bond acceptors (Lipinski definition) is 3. The Hall–Kier alpha value is -0.590. The summed E-state index contributed by atoms with van der Waals surface area (Å²) in [6, 6.07) is 3.99. The topological polar surface area (TPSA) is 38.0 Å². The molecule has 1 fully saturated rings. The molecule has 3 N–H and O–H groups in total. The van der Waals surface area contributed by atoms with E-state index in [0.717, 1.165) is 0 Å². The van der Waals surface area contributed by atoms with Gasteiger partial charge in [0.25, 0.3) is 0 Å². The SMILES string of the molecule is NCC1(NCc2cccs2)CCC(C(F)(F)F)CC1. The predicted octanol–water partition coefficient (Wildman–Crippen LogP) is 3.29. The van der Waals surface area contributed by atoms with Crippen LogP contribution in [0.5, 0.6) is 0 Å². The van der Waals surface area contributed by atoms with Gasteiger partial charge in [0.15, 0.2) is 0 Å². The molecule has 2 rings (SSSR count). The summed E-state index contributed by atoms with van der Waals surface area (Å²) in [5, 5.41) is 5.37. The fraction of sp³-hybridized carbons (Fsp3) is 0.692. The van der Waals surface area contributed by atoms with E-state index in [9.17, 15) is 13.2 Å². The zero-order valence-corrected chi connectivity index (χ0v) is 11.5. The highest BCUT2D eigenvalue weighted by Crippen LogP contribution is 2.40. The molecular formula is C13H19F3N2S. The number of nitrogens with two attached hydrogens (primary N) is 1. The maximum atomic E-state index is 12.7. The Labute approximate surface area is 115 Å². The molecular weight excluding hydrogens is 273 g/mol. The molecule has 2 nitrogen and oxygen atoms in total. The molecule has 0 saturated heterocycles. The highest BCUT2D eigenvalue weighted by molar-refractivity contribution is 7.09. The zero-order valence-electron chi connectivity index (χ0n) is 10.7. The van der Waals surface area contributed by atoms with Crippen molar-refractivity contribution in [1.29, 1.82) is 0 Å². The van der Waals surface area contributed by atoms with Gasteiger partial charge in [0.1, 0.15) is 0 Å². The van der Waals surface area contributed by atoms with E-state index in [1.54, 1.807) is 11.3 Å². The van der Waals surface area contributed by atoms with Crippen LogP contribution in [0.2, 0.25) is 0 Å². The Bertz CT molecular complexity index is 381. The van der Waals surface area contributed by atoms with Gasteiger partial charge in [-0.15, -0.1) is 11.3 Å². The van der Waals surface area contributed by atoms with Gasteiger partial charge < -0.3 is 11.1 Å². The van der Waals surface area contributed by atoms with E-state index in [-0.39, 0.29) is 18.4 Å². The van der Waals surface area contributed by atoms with Gasteiger partial charge >= 0.3 is 6.18 Å². The molecule has 0 amide bonds. The average molecular weight is 292 g/mol. The molecule has 1 aliphatic rings. The van der Waals surface area contributed by atoms with Crippen molar-refractivity contribution in [3.8, 4) is 0 Å². The van der Waals surface area contributed by atoms with E-state index in [1.165, 1.54) is 4.88 Å². The van der Waals surface area contributed by atoms with Crippen molar-refractivity contribution in [1.82, 2.24) is 5.32 Å². The maximum absolute atomic E-state index is 12.7. The van der Waals surface area contributed by atoms with Crippen molar-refractivity contribution >= 4 is 11.3 Å². The van der Waals surface area contributed by atoms with E-state index in [1.807, 2.05) is 17.5 Å². The van der Waals surface area contributed by atoms with Crippen LogP contribution >= 0.6 is 11.3 Å². The third kappa shape index (κ3) is 3.70. The zero-order chi connectivity index (χ0) is 13.9. The quantitative estimate of drug-likeness (QED) is 0.893. The maximum Gasteiger partial charge on any atom is 0.391 e. The summed E-state index contributed by atoms with van der Waals surface area (Å²) < 4.78 is 38.0. The fourth-order valence-corrected chi connectivity index (χ4v) is 3.28. The Balaban J connectivity index is 1.90.